The molecule has 0 bridgehead atoms. The number of benzene rings is 2. The molecule has 2 atom stereocenters. The standard InChI is InChI=1S/C20H18N2O2/c1-13-18(22-20(24-13)15-10-6-3-7-11-15)19(23)21-17-12-16(17)14-8-4-2-5-9-14/h2-11,16-17H,12H2,1H3,(H,21,23). The fourth-order valence-corrected chi connectivity index (χ4v) is 2.97. The third-order valence-corrected chi connectivity index (χ3v) is 4.37. The van der Waals surface area contributed by atoms with Crippen molar-refractivity contribution in [3.8, 4) is 11.5 Å². The topological polar surface area (TPSA) is 55.1 Å². The second-order valence-electron chi connectivity index (χ2n) is 6.12. The monoisotopic (exact) mass is 318 g/mol. The van der Waals surface area contributed by atoms with Gasteiger partial charge in [0.2, 0.25) is 5.89 Å². The second-order valence-corrected chi connectivity index (χ2v) is 6.12. The molecule has 2 aromatic carbocycles. The first-order chi connectivity index (χ1) is 11.7. The Morgan fingerprint density at radius 1 is 1.08 bits per heavy atom. The van der Waals surface area contributed by atoms with E-state index in [9.17, 15) is 4.79 Å². The Morgan fingerprint density at radius 3 is 2.46 bits per heavy atom. The number of aromatic nitrogens is 1. The number of aryl methyl sites for hydroxylation is 1. The molecule has 1 fully saturated rings. The summed E-state index contributed by atoms with van der Waals surface area (Å²) in [5, 5.41) is 3.06. The predicted octanol–water partition coefficient (Wildman–Crippen LogP) is 3.94. The van der Waals surface area contributed by atoms with Gasteiger partial charge in [-0.2, -0.15) is 0 Å². The largest absolute Gasteiger partial charge is 0.441 e. The van der Waals surface area contributed by atoms with Crippen molar-refractivity contribution in [1.29, 1.82) is 0 Å². The highest BCUT2D eigenvalue weighted by Gasteiger charge is 2.40. The van der Waals surface area contributed by atoms with Crippen LogP contribution in [0.5, 0.6) is 0 Å². The lowest BCUT2D eigenvalue weighted by molar-refractivity contribution is 0.0944. The summed E-state index contributed by atoms with van der Waals surface area (Å²) in [6, 6.07) is 20.0. The van der Waals surface area contributed by atoms with Gasteiger partial charge < -0.3 is 9.73 Å². The number of carbonyl (C=O) groups excluding carboxylic acids is 1. The highest BCUT2D eigenvalue weighted by Crippen LogP contribution is 2.40. The van der Waals surface area contributed by atoms with Crippen LogP contribution >= 0.6 is 0 Å². The zero-order chi connectivity index (χ0) is 16.5. The zero-order valence-corrected chi connectivity index (χ0v) is 13.4. The molecule has 4 heteroatoms. The van der Waals surface area contributed by atoms with Crippen molar-refractivity contribution in [2.75, 3.05) is 0 Å². The maximum atomic E-state index is 12.5. The third kappa shape index (κ3) is 2.83. The van der Waals surface area contributed by atoms with Gasteiger partial charge >= 0.3 is 0 Å². The first-order valence-electron chi connectivity index (χ1n) is 8.11. The van der Waals surface area contributed by atoms with Crippen molar-refractivity contribution in [1.82, 2.24) is 10.3 Å². The van der Waals surface area contributed by atoms with Crippen LogP contribution in [0.2, 0.25) is 0 Å². The van der Waals surface area contributed by atoms with Crippen LogP contribution in [-0.4, -0.2) is 16.9 Å². The van der Waals surface area contributed by atoms with Gasteiger partial charge in [0.1, 0.15) is 5.76 Å². The fraction of sp³-hybridized carbons (Fsp3) is 0.200. The van der Waals surface area contributed by atoms with Crippen molar-refractivity contribution in [2.45, 2.75) is 25.3 Å². The molecule has 4 nitrogen and oxygen atoms in total. The van der Waals surface area contributed by atoms with Crippen LogP contribution in [0.25, 0.3) is 11.5 Å². The Labute approximate surface area is 140 Å². The number of hydrogen-bond donors (Lipinski definition) is 1. The minimum atomic E-state index is -0.165. The zero-order valence-electron chi connectivity index (χ0n) is 13.4. The van der Waals surface area contributed by atoms with Crippen molar-refractivity contribution in [3.05, 3.63) is 77.7 Å². The molecule has 3 aromatic rings. The van der Waals surface area contributed by atoms with Crippen molar-refractivity contribution >= 4 is 5.91 Å². The molecule has 2 unspecified atom stereocenters. The van der Waals surface area contributed by atoms with Crippen molar-refractivity contribution in [3.63, 3.8) is 0 Å². The Hall–Kier alpha value is -2.88. The summed E-state index contributed by atoms with van der Waals surface area (Å²) >= 11 is 0. The molecule has 1 amide bonds. The van der Waals surface area contributed by atoms with Gasteiger partial charge in [-0.3, -0.25) is 4.79 Å². The number of nitrogens with one attached hydrogen (secondary N) is 1. The number of hydrogen-bond acceptors (Lipinski definition) is 3. The lowest BCUT2D eigenvalue weighted by Gasteiger charge is -2.03. The summed E-state index contributed by atoms with van der Waals surface area (Å²) < 4.78 is 5.66. The van der Waals surface area contributed by atoms with Gasteiger partial charge in [0.15, 0.2) is 5.69 Å². The quantitative estimate of drug-likeness (QED) is 0.793. The van der Waals surface area contributed by atoms with Crippen LogP contribution in [0.1, 0.15) is 34.2 Å². The SMILES string of the molecule is Cc1oc(-c2ccccc2)nc1C(=O)NC1CC1c1ccccc1. The van der Waals surface area contributed by atoms with Crippen molar-refractivity contribution < 1.29 is 9.21 Å². The van der Waals surface area contributed by atoms with E-state index in [1.807, 2.05) is 48.5 Å². The molecular formula is C20H18N2O2. The number of nitrogens with zero attached hydrogens (tertiary/aromatic N) is 1. The molecule has 0 spiro atoms. The average Bonchev–Trinajstić information content (AvgIpc) is 3.27. The number of rotatable bonds is 4. The van der Waals surface area contributed by atoms with E-state index in [0.717, 1.165) is 12.0 Å². The normalized spacial score (nSPS) is 19.0. The van der Waals surface area contributed by atoms with Crippen LogP contribution in [0.3, 0.4) is 0 Å². The molecule has 1 heterocycles. The molecule has 1 aromatic heterocycles. The number of amides is 1. The van der Waals surface area contributed by atoms with E-state index in [-0.39, 0.29) is 11.9 Å². The number of carbonyl (C=O) groups is 1. The summed E-state index contributed by atoms with van der Waals surface area (Å²) in [6.45, 7) is 1.77. The Balaban J connectivity index is 1.47. The summed E-state index contributed by atoms with van der Waals surface area (Å²) in [5.74, 6) is 1.26. The first kappa shape index (κ1) is 14.7. The predicted molar refractivity (Wildman–Crippen MR) is 91.7 cm³/mol. The van der Waals surface area contributed by atoms with Gasteiger partial charge in [0.25, 0.3) is 5.91 Å². The highest BCUT2D eigenvalue weighted by atomic mass is 16.4. The van der Waals surface area contributed by atoms with Gasteiger partial charge in [0, 0.05) is 17.5 Å². The Bertz CT molecular complexity index is 856. The molecule has 120 valence electrons. The first-order valence-corrected chi connectivity index (χ1v) is 8.11. The Morgan fingerprint density at radius 2 is 1.75 bits per heavy atom. The molecule has 24 heavy (non-hydrogen) atoms. The van der Waals surface area contributed by atoms with Gasteiger partial charge in [0.05, 0.1) is 0 Å². The van der Waals surface area contributed by atoms with E-state index in [2.05, 4.69) is 22.4 Å². The summed E-state index contributed by atoms with van der Waals surface area (Å²) in [5.41, 5.74) is 2.51. The molecule has 0 radical (unpaired) electrons. The van der Waals surface area contributed by atoms with E-state index in [4.69, 9.17) is 4.42 Å². The van der Waals surface area contributed by atoms with Crippen LogP contribution in [0.4, 0.5) is 0 Å². The summed E-state index contributed by atoms with van der Waals surface area (Å²) in [7, 11) is 0. The van der Waals surface area contributed by atoms with Gasteiger partial charge in [-0.1, -0.05) is 48.5 Å². The molecule has 1 saturated carbocycles. The van der Waals surface area contributed by atoms with E-state index < -0.39 is 0 Å². The smallest absolute Gasteiger partial charge is 0.273 e. The number of oxazole rings is 1. The summed E-state index contributed by atoms with van der Waals surface area (Å²) in [6.07, 6.45) is 0.970. The van der Waals surface area contributed by atoms with Crippen molar-refractivity contribution in [2.24, 2.45) is 0 Å². The van der Waals surface area contributed by atoms with E-state index in [0.29, 0.717) is 23.3 Å². The molecule has 0 aliphatic heterocycles. The molecule has 1 aliphatic rings. The van der Waals surface area contributed by atoms with Crippen LogP contribution in [-0.2, 0) is 0 Å². The average molecular weight is 318 g/mol. The minimum Gasteiger partial charge on any atom is -0.441 e. The van der Waals surface area contributed by atoms with E-state index in [1.54, 1.807) is 6.92 Å². The Kier molecular flexibility index (Phi) is 3.65. The molecule has 1 N–H and O–H groups in total. The van der Waals surface area contributed by atoms with Crippen LogP contribution in [0.15, 0.2) is 65.1 Å². The maximum absolute atomic E-state index is 12.5. The summed E-state index contributed by atoms with van der Waals surface area (Å²) in [4.78, 5) is 16.9. The van der Waals surface area contributed by atoms with Gasteiger partial charge in [-0.15, -0.1) is 0 Å². The maximum Gasteiger partial charge on any atom is 0.273 e. The highest BCUT2D eigenvalue weighted by molar-refractivity contribution is 5.94. The van der Waals surface area contributed by atoms with Crippen LogP contribution in [0, 0.1) is 6.92 Å². The molecular weight excluding hydrogens is 300 g/mol. The molecule has 4 rings (SSSR count). The van der Waals surface area contributed by atoms with E-state index in [1.165, 1.54) is 5.56 Å². The molecule has 0 saturated heterocycles. The lowest BCUT2D eigenvalue weighted by Crippen LogP contribution is -2.27. The van der Waals surface area contributed by atoms with Gasteiger partial charge in [-0.25, -0.2) is 4.98 Å². The van der Waals surface area contributed by atoms with Gasteiger partial charge in [-0.05, 0) is 31.0 Å². The van der Waals surface area contributed by atoms with E-state index >= 15 is 0 Å². The lowest BCUT2D eigenvalue weighted by atomic mass is 10.1. The third-order valence-electron chi connectivity index (χ3n) is 4.37. The fourth-order valence-electron chi connectivity index (χ4n) is 2.97. The minimum absolute atomic E-state index is 0.165. The molecule has 1 aliphatic carbocycles. The van der Waals surface area contributed by atoms with Crippen LogP contribution < -0.4 is 5.32 Å². The second kappa shape index (κ2) is 5.96.